The molecule has 1 heterocycles. The number of phenolic OH excluding ortho intramolecular Hbond substituents is 1. The van der Waals surface area contributed by atoms with E-state index >= 15 is 0 Å². The molecule has 1 aromatic carbocycles. The second-order valence-corrected chi connectivity index (χ2v) is 4.35. The Labute approximate surface area is 132 Å². The Morgan fingerprint density at radius 1 is 1.35 bits per heavy atom. The van der Waals surface area contributed by atoms with Crippen LogP contribution in [0.4, 0.5) is 0 Å². The first-order valence-corrected chi connectivity index (χ1v) is 6.63. The normalized spacial score (nSPS) is 11.0. The summed E-state index contributed by atoms with van der Waals surface area (Å²) in [6, 6.07) is 6.45. The van der Waals surface area contributed by atoms with Crippen LogP contribution in [0.25, 0.3) is 6.08 Å². The number of methoxy groups -OCH3 is 2. The lowest BCUT2D eigenvalue weighted by molar-refractivity contribution is -0.116. The highest BCUT2D eigenvalue weighted by Crippen LogP contribution is 2.31. The summed E-state index contributed by atoms with van der Waals surface area (Å²) in [5.41, 5.74) is 2.63. The molecule has 0 atom stereocenters. The fourth-order valence-corrected chi connectivity index (χ4v) is 1.75. The predicted octanol–water partition coefficient (Wildman–Crippen LogP) is 2.17. The molecule has 0 saturated heterocycles. The van der Waals surface area contributed by atoms with Gasteiger partial charge in [-0.05, 0) is 18.2 Å². The number of nitrogens with one attached hydrogen (secondary N) is 1. The van der Waals surface area contributed by atoms with Gasteiger partial charge in [0.25, 0.3) is 5.91 Å². The highest BCUT2D eigenvalue weighted by atomic mass is 16.5. The molecule has 0 unspecified atom stereocenters. The zero-order valence-electron chi connectivity index (χ0n) is 12.6. The molecule has 7 heteroatoms. The largest absolute Gasteiger partial charge is 0.507 e. The van der Waals surface area contributed by atoms with Gasteiger partial charge in [-0.15, -0.1) is 0 Å². The minimum Gasteiger partial charge on any atom is -0.507 e. The Bertz CT molecular complexity index is 720. The average molecular weight is 316 g/mol. The van der Waals surface area contributed by atoms with E-state index in [1.807, 2.05) is 0 Å². The van der Waals surface area contributed by atoms with Crippen molar-refractivity contribution in [3.8, 4) is 17.2 Å². The van der Waals surface area contributed by atoms with E-state index in [-0.39, 0.29) is 5.75 Å². The molecular formula is C16H16N2O5. The number of carbonyl (C=O) groups excluding carboxylic acids is 1. The topological polar surface area (TPSA) is 93.3 Å². The third-order valence-corrected chi connectivity index (χ3v) is 2.86. The number of hydrogen-bond acceptors (Lipinski definition) is 6. The maximum absolute atomic E-state index is 11.6. The number of aromatic hydroxyl groups is 1. The average Bonchev–Trinajstić information content (AvgIpc) is 3.07. The van der Waals surface area contributed by atoms with E-state index in [2.05, 4.69) is 10.5 Å². The number of benzene rings is 1. The highest BCUT2D eigenvalue weighted by molar-refractivity contribution is 5.93. The van der Waals surface area contributed by atoms with Gasteiger partial charge in [0.1, 0.15) is 23.0 Å². The van der Waals surface area contributed by atoms with Gasteiger partial charge in [-0.2, -0.15) is 5.10 Å². The number of amides is 1. The molecule has 0 aliphatic rings. The van der Waals surface area contributed by atoms with Gasteiger partial charge in [0.2, 0.25) is 0 Å². The van der Waals surface area contributed by atoms with Crippen molar-refractivity contribution < 1.29 is 23.8 Å². The monoisotopic (exact) mass is 316 g/mol. The zero-order valence-corrected chi connectivity index (χ0v) is 12.6. The van der Waals surface area contributed by atoms with Crippen molar-refractivity contribution in [2.75, 3.05) is 14.2 Å². The Balaban J connectivity index is 2.04. The summed E-state index contributed by atoms with van der Waals surface area (Å²) in [6.45, 7) is 0. The molecule has 2 aromatic rings. The molecule has 0 bridgehead atoms. The highest BCUT2D eigenvalue weighted by Gasteiger charge is 2.09. The Morgan fingerprint density at radius 2 is 2.17 bits per heavy atom. The fraction of sp³-hybridized carbons (Fsp3) is 0.125. The van der Waals surface area contributed by atoms with Gasteiger partial charge in [0.15, 0.2) is 0 Å². The van der Waals surface area contributed by atoms with E-state index in [9.17, 15) is 9.90 Å². The van der Waals surface area contributed by atoms with Crippen molar-refractivity contribution in [3.05, 3.63) is 47.9 Å². The van der Waals surface area contributed by atoms with E-state index in [1.54, 1.807) is 18.2 Å². The molecule has 0 aliphatic carbocycles. The molecule has 7 nitrogen and oxygen atoms in total. The van der Waals surface area contributed by atoms with Crippen LogP contribution in [-0.2, 0) is 4.79 Å². The number of furan rings is 1. The lowest BCUT2D eigenvalue weighted by atomic mass is 10.2. The lowest BCUT2D eigenvalue weighted by Gasteiger charge is -2.09. The van der Waals surface area contributed by atoms with Crippen molar-refractivity contribution in [1.82, 2.24) is 5.43 Å². The van der Waals surface area contributed by atoms with Crippen LogP contribution in [-0.4, -0.2) is 31.4 Å². The summed E-state index contributed by atoms with van der Waals surface area (Å²) >= 11 is 0. The summed E-state index contributed by atoms with van der Waals surface area (Å²) in [6.07, 6.45) is 5.58. The van der Waals surface area contributed by atoms with Gasteiger partial charge in [0.05, 0.1) is 32.3 Å². The van der Waals surface area contributed by atoms with E-state index in [1.165, 1.54) is 44.9 Å². The molecule has 0 spiro atoms. The molecule has 0 radical (unpaired) electrons. The Hall–Kier alpha value is -3.22. The van der Waals surface area contributed by atoms with Gasteiger partial charge >= 0.3 is 0 Å². The SMILES string of the molecule is COc1cc(O)c(/C=N/NC(=O)C=Cc2ccco2)c(OC)c1. The molecule has 0 fully saturated rings. The number of phenols is 1. The van der Waals surface area contributed by atoms with Crippen LogP contribution >= 0.6 is 0 Å². The van der Waals surface area contributed by atoms with Gasteiger partial charge in [-0.1, -0.05) is 0 Å². The molecule has 2 N–H and O–H groups in total. The van der Waals surface area contributed by atoms with E-state index in [0.717, 1.165) is 0 Å². The minimum atomic E-state index is -0.440. The van der Waals surface area contributed by atoms with Gasteiger partial charge < -0.3 is 19.0 Å². The second kappa shape index (κ2) is 7.69. The minimum absolute atomic E-state index is 0.0784. The Morgan fingerprint density at radius 3 is 2.83 bits per heavy atom. The number of nitrogens with zero attached hydrogens (tertiary/aromatic N) is 1. The summed E-state index contributed by atoms with van der Waals surface area (Å²) in [7, 11) is 2.93. The van der Waals surface area contributed by atoms with Crippen molar-refractivity contribution >= 4 is 18.2 Å². The number of hydrogen-bond donors (Lipinski definition) is 2. The van der Waals surface area contributed by atoms with Gasteiger partial charge in [-0.25, -0.2) is 5.43 Å². The predicted molar refractivity (Wildman–Crippen MR) is 84.7 cm³/mol. The van der Waals surface area contributed by atoms with Crippen molar-refractivity contribution in [3.63, 3.8) is 0 Å². The zero-order chi connectivity index (χ0) is 16.7. The third-order valence-electron chi connectivity index (χ3n) is 2.86. The molecule has 0 aliphatic heterocycles. The first-order chi connectivity index (χ1) is 11.1. The summed E-state index contributed by atoms with van der Waals surface area (Å²) < 4.78 is 15.2. The number of hydrazone groups is 1. The first-order valence-electron chi connectivity index (χ1n) is 6.63. The second-order valence-electron chi connectivity index (χ2n) is 4.35. The molecule has 0 saturated carbocycles. The maximum atomic E-state index is 11.6. The first kappa shape index (κ1) is 16.2. The van der Waals surface area contributed by atoms with Crippen molar-refractivity contribution in [2.24, 2.45) is 5.10 Å². The van der Waals surface area contributed by atoms with E-state index < -0.39 is 5.91 Å². The standard InChI is InChI=1S/C16H16N2O5/c1-21-12-8-14(19)13(15(9-12)22-2)10-17-18-16(20)6-5-11-4-3-7-23-11/h3-10,19H,1-2H3,(H,18,20)/b6-5?,17-10+. The van der Waals surface area contributed by atoms with Crippen LogP contribution in [0.1, 0.15) is 11.3 Å². The Kier molecular flexibility index (Phi) is 5.40. The van der Waals surface area contributed by atoms with E-state index in [0.29, 0.717) is 22.8 Å². The summed E-state index contributed by atoms with van der Waals surface area (Å²) in [5.74, 6) is 0.849. The van der Waals surface area contributed by atoms with Crippen LogP contribution in [0.2, 0.25) is 0 Å². The number of carbonyl (C=O) groups is 1. The smallest absolute Gasteiger partial charge is 0.264 e. The summed E-state index contributed by atoms with van der Waals surface area (Å²) in [5, 5.41) is 13.7. The van der Waals surface area contributed by atoms with Crippen LogP contribution in [0.3, 0.4) is 0 Å². The maximum Gasteiger partial charge on any atom is 0.264 e. The van der Waals surface area contributed by atoms with Crippen LogP contribution in [0, 0.1) is 0 Å². The molecular weight excluding hydrogens is 300 g/mol. The molecule has 2 rings (SSSR count). The van der Waals surface area contributed by atoms with Crippen LogP contribution in [0.15, 0.2) is 46.1 Å². The number of rotatable bonds is 6. The quantitative estimate of drug-likeness (QED) is 0.484. The van der Waals surface area contributed by atoms with Crippen molar-refractivity contribution in [1.29, 1.82) is 0 Å². The molecule has 1 amide bonds. The van der Waals surface area contributed by atoms with Crippen LogP contribution in [0.5, 0.6) is 17.2 Å². The third kappa shape index (κ3) is 4.37. The summed E-state index contributed by atoms with van der Waals surface area (Å²) in [4.78, 5) is 11.6. The lowest BCUT2D eigenvalue weighted by Crippen LogP contribution is -2.14. The molecule has 23 heavy (non-hydrogen) atoms. The van der Waals surface area contributed by atoms with Crippen LogP contribution < -0.4 is 14.9 Å². The molecule has 1 aromatic heterocycles. The van der Waals surface area contributed by atoms with Crippen molar-refractivity contribution in [2.45, 2.75) is 0 Å². The fourth-order valence-electron chi connectivity index (χ4n) is 1.75. The van der Waals surface area contributed by atoms with Gasteiger partial charge in [0, 0.05) is 18.2 Å². The molecule has 120 valence electrons. The van der Waals surface area contributed by atoms with E-state index in [4.69, 9.17) is 13.9 Å². The van der Waals surface area contributed by atoms with Gasteiger partial charge in [-0.3, -0.25) is 4.79 Å². The number of ether oxygens (including phenoxy) is 2.